The van der Waals surface area contributed by atoms with E-state index in [4.69, 9.17) is 37.4 Å². The van der Waals surface area contributed by atoms with Crippen LogP contribution in [0.15, 0.2) is 28.5 Å². The first kappa shape index (κ1) is 27.6. The zero-order valence-corrected chi connectivity index (χ0v) is 22.2. The number of carbonyl (C=O) groups excluding carboxylic acids is 1. The maximum atomic E-state index is 12.6. The monoisotopic (exact) mass is 537 g/mol. The fraction of sp³-hybridized carbons (Fsp3) is 0.500. The first-order valence-electron chi connectivity index (χ1n) is 10.3. The van der Waals surface area contributed by atoms with Crippen molar-refractivity contribution in [1.29, 1.82) is 0 Å². The molecule has 1 N–H and O–H groups in total. The normalized spacial score (nSPS) is 11.8. The number of ether oxygens (including phenoxy) is 3. The number of nitrogens with one attached hydrogen (secondary N) is 1. The summed E-state index contributed by atoms with van der Waals surface area (Å²) in [5.41, 5.74) is 0.862. The Balaban J connectivity index is 2.31. The molecule has 2 aromatic rings. The number of rotatable bonds is 11. The van der Waals surface area contributed by atoms with Gasteiger partial charge in [0.15, 0.2) is 11.5 Å². The van der Waals surface area contributed by atoms with E-state index in [1.54, 1.807) is 26.8 Å². The topological polar surface area (TPSA) is 90.9 Å². The van der Waals surface area contributed by atoms with Crippen molar-refractivity contribution in [2.75, 3.05) is 25.0 Å². The van der Waals surface area contributed by atoms with E-state index in [0.29, 0.717) is 54.2 Å². The van der Waals surface area contributed by atoms with Gasteiger partial charge < -0.3 is 14.2 Å². The number of thiophene rings is 1. The van der Waals surface area contributed by atoms with E-state index >= 15 is 0 Å². The van der Waals surface area contributed by atoms with Gasteiger partial charge in [0, 0.05) is 16.6 Å². The van der Waals surface area contributed by atoms with E-state index in [1.165, 1.54) is 6.07 Å². The minimum Gasteiger partial charge on any atom is -0.490 e. The van der Waals surface area contributed by atoms with E-state index in [2.05, 4.69) is 0 Å². The van der Waals surface area contributed by atoms with Gasteiger partial charge in [-0.05, 0) is 75.9 Å². The van der Waals surface area contributed by atoms with E-state index < -0.39 is 21.7 Å². The molecule has 0 saturated carbocycles. The van der Waals surface area contributed by atoms with Crippen LogP contribution >= 0.6 is 34.5 Å². The van der Waals surface area contributed by atoms with Crippen molar-refractivity contribution in [1.82, 2.24) is 4.72 Å². The van der Waals surface area contributed by atoms with Crippen LogP contribution in [0.5, 0.6) is 11.5 Å². The molecule has 0 bridgehead atoms. The Hall–Kier alpha value is -1.68. The molecule has 11 heteroatoms. The number of hydrogen-bond acceptors (Lipinski definition) is 7. The van der Waals surface area contributed by atoms with Gasteiger partial charge in [0.05, 0.1) is 13.2 Å². The number of aryl methyl sites for hydroxylation is 1. The van der Waals surface area contributed by atoms with Crippen molar-refractivity contribution in [2.24, 2.45) is 0 Å². The highest BCUT2D eigenvalue weighted by molar-refractivity contribution is 7.92. The number of hydrogen-bond donors (Lipinski definition) is 1. The van der Waals surface area contributed by atoms with Crippen LogP contribution in [0.3, 0.4) is 0 Å². The van der Waals surface area contributed by atoms with E-state index in [-0.39, 0.29) is 4.21 Å². The molecule has 7 nitrogen and oxygen atoms in total. The van der Waals surface area contributed by atoms with Crippen molar-refractivity contribution in [2.45, 2.75) is 50.3 Å². The summed E-state index contributed by atoms with van der Waals surface area (Å²) in [5, 5.41) is 0. The lowest BCUT2D eigenvalue weighted by molar-refractivity contribution is 0.0570. The van der Waals surface area contributed by atoms with Crippen LogP contribution in [-0.2, 0) is 14.8 Å². The summed E-state index contributed by atoms with van der Waals surface area (Å²) < 4.78 is 43.9. The van der Waals surface area contributed by atoms with Gasteiger partial charge in [0.1, 0.15) is 9.81 Å². The second-order valence-electron chi connectivity index (χ2n) is 8.12. The van der Waals surface area contributed by atoms with Crippen LogP contribution in [0.1, 0.15) is 39.2 Å². The second-order valence-corrected chi connectivity index (χ2v) is 11.9. The molecular weight excluding hydrogens is 509 g/mol. The maximum Gasteiger partial charge on any atom is 0.421 e. The predicted octanol–water partition coefficient (Wildman–Crippen LogP) is 5.95. The van der Waals surface area contributed by atoms with Gasteiger partial charge in [0.2, 0.25) is 0 Å². The van der Waals surface area contributed by atoms with Crippen LogP contribution in [-0.4, -0.2) is 45.1 Å². The largest absolute Gasteiger partial charge is 0.490 e. The van der Waals surface area contributed by atoms with Gasteiger partial charge in [-0.1, -0.05) is 0 Å². The fourth-order valence-electron chi connectivity index (χ4n) is 2.69. The quantitative estimate of drug-likeness (QED) is 0.281. The zero-order chi connectivity index (χ0) is 24.6. The summed E-state index contributed by atoms with van der Waals surface area (Å²) >= 11 is 12.5. The number of amides is 1. The Bertz CT molecular complexity index is 1050. The first-order valence-corrected chi connectivity index (χ1v) is 13.7. The summed E-state index contributed by atoms with van der Waals surface area (Å²) in [6.45, 7) is 7.73. The SMILES string of the molecule is Cc1cc(OCCCCl)c(OCCCCl)cc1-c1ccc(S(=O)(=O)NC(=O)OC(C)(C)C)s1. The highest BCUT2D eigenvalue weighted by atomic mass is 35.5. The third-order valence-corrected chi connectivity index (χ3v) is 7.55. The zero-order valence-electron chi connectivity index (χ0n) is 19.1. The standard InChI is InChI=1S/C22H29Cl2NO6S2/c1-15-13-17(29-11-5-9-23)18(30-12-6-10-24)14-16(15)19-7-8-20(32-19)33(27,28)25-21(26)31-22(2,3)4/h7-8,13-14H,5-6,9-12H2,1-4H3,(H,25,26). The number of benzene rings is 1. The molecule has 184 valence electrons. The summed E-state index contributed by atoms with van der Waals surface area (Å²) in [6.07, 6.45) is 0.339. The smallest absolute Gasteiger partial charge is 0.421 e. The van der Waals surface area contributed by atoms with Crippen LogP contribution < -0.4 is 14.2 Å². The molecule has 1 heterocycles. The Labute approximate surface area is 209 Å². The van der Waals surface area contributed by atoms with E-state index in [1.807, 2.05) is 23.8 Å². The number of halogens is 2. The number of alkyl halides is 2. The van der Waals surface area contributed by atoms with Crippen LogP contribution in [0, 0.1) is 6.92 Å². The second kappa shape index (κ2) is 12.1. The summed E-state index contributed by atoms with van der Waals surface area (Å²) in [6, 6.07) is 6.81. The molecular formula is C22H29Cl2NO6S2. The molecule has 0 radical (unpaired) electrons. The summed E-state index contributed by atoms with van der Waals surface area (Å²) in [5.74, 6) is 2.09. The van der Waals surface area contributed by atoms with Gasteiger partial charge in [-0.15, -0.1) is 34.5 Å². The molecule has 1 aromatic carbocycles. The highest BCUT2D eigenvalue weighted by Crippen LogP contribution is 2.39. The number of sulfonamides is 1. The Kier molecular flexibility index (Phi) is 10.1. The average Bonchev–Trinajstić information content (AvgIpc) is 3.19. The van der Waals surface area contributed by atoms with E-state index in [9.17, 15) is 13.2 Å². The Morgan fingerprint density at radius 3 is 2.15 bits per heavy atom. The van der Waals surface area contributed by atoms with Crippen LogP contribution in [0.4, 0.5) is 4.79 Å². The molecule has 0 spiro atoms. The third-order valence-electron chi connectivity index (χ3n) is 4.09. The lowest BCUT2D eigenvalue weighted by atomic mass is 10.1. The lowest BCUT2D eigenvalue weighted by Crippen LogP contribution is -2.36. The number of carbonyl (C=O) groups is 1. The molecule has 0 fully saturated rings. The highest BCUT2D eigenvalue weighted by Gasteiger charge is 2.25. The maximum absolute atomic E-state index is 12.6. The van der Waals surface area contributed by atoms with Gasteiger partial charge in [-0.25, -0.2) is 17.9 Å². The molecule has 0 aliphatic rings. The molecule has 1 aromatic heterocycles. The van der Waals surface area contributed by atoms with Gasteiger partial charge in [-0.2, -0.15) is 0 Å². The minimum absolute atomic E-state index is 0.00481. The molecule has 0 unspecified atom stereocenters. The molecule has 33 heavy (non-hydrogen) atoms. The van der Waals surface area contributed by atoms with Crippen molar-refractivity contribution in [3.05, 3.63) is 29.8 Å². The fourth-order valence-corrected chi connectivity index (χ4v) is 5.17. The third kappa shape index (κ3) is 8.55. The van der Waals surface area contributed by atoms with Gasteiger partial charge in [-0.3, -0.25) is 0 Å². The summed E-state index contributed by atoms with van der Waals surface area (Å²) in [7, 11) is -4.07. The molecule has 2 rings (SSSR count). The molecule has 0 aliphatic carbocycles. The van der Waals surface area contributed by atoms with E-state index in [0.717, 1.165) is 22.5 Å². The molecule has 0 saturated heterocycles. The summed E-state index contributed by atoms with van der Waals surface area (Å²) in [4.78, 5) is 12.6. The Morgan fingerprint density at radius 2 is 1.61 bits per heavy atom. The van der Waals surface area contributed by atoms with Gasteiger partial charge in [0.25, 0.3) is 10.0 Å². The first-order chi connectivity index (χ1) is 15.5. The van der Waals surface area contributed by atoms with Crippen molar-refractivity contribution < 1.29 is 27.4 Å². The van der Waals surface area contributed by atoms with Crippen molar-refractivity contribution in [3.8, 4) is 21.9 Å². The molecule has 0 atom stereocenters. The minimum atomic E-state index is -4.07. The molecule has 1 amide bonds. The Morgan fingerprint density at radius 1 is 1.03 bits per heavy atom. The lowest BCUT2D eigenvalue weighted by Gasteiger charge is -2.19. The van der Waals surface area contributed by atoms with Crippen LogP contribution in [0.25, 0.3) is 10.4 Å². The van der Waals surface area contributed by atoms with Crippen LogP contribution in [0.2, 0.25) is 0 Å². The van der Waals surface area contributed by atoms with Gasteiger partial charge >= 0.3 is 6.09 Å². The van der Waals surface area contributed by atoms with Crippen molar-refractivity contribution in [3.63, 3.8) is 0 Å². The van der Waals surface area contributed by atoms with Crippen molar-refractivity contribution >= 4 is 50.7 Å². The predicted molar refractivity (Wildman–Crippen MR) is 133 cm³/mol. The molecule has 0 aliphatic heterocycles. The average molecular weight is 539 g/mol.